The van der Waals surface area contributed by atoms with Gasteiger partial charge in [-0.05, 0) is 19.1 Å². The summed E-state index contributed by atoms with van der Waals surface area (Å²) in [4.78, 5) is 22.6. The van der Waals surface area contributed by atoms with Crippen molar-refractivity contribution in [3.05, 3.63) is 36.4 Å². The van der Waals surface area contributed by atoms with E-state index in [1.165, 1.54) is 6.92 Å². The zero-order valence-corrected chi connectivity index (χ0v) is 12.0. The maximum Gasteiger partial charge on any atom is 0.231 e. The molecule has 1 amide bonds. The molecule has 0 aromatic heterocycles. The molecule has 0 aliphatic rings. The summed E-state index contributed by atoms with van der Waals surface area (Å²) in [5, 5.41) is 4.00. The minimum Gasteiger partial charge on any atom is -0.755 e. The van der Waals surface area contributed by atoms with Gasteiger partial charge in [-0.2, -0.15) is 0 Å². The van der Waals surface area contributed by atoms with Crippen molar-refractivity contribution >= 4 is 45.1 Å². The summed E-state index contributed by atoms with van der Waals surface area (Å²) < 4.78 is 23.9. The van der Waals surface area contributed by atoms with Gasteiger partial charge in [0.15, 0.2) is 0 Å². The third-order valence-corrected chi connectivity index (χ3v) is 3.19. The van der Waals surface area contributed by atoms with Crippen LogP contribution >= 0.6 is 0 Å². The Morgan fingerprint density at radius 3 is 2.24 bits per heavy atom. The standard InChI is InChI=1S/C14H14N2O4S/c1-9(17)8-14(18)15-12-6-7-13(16-21(19)20)11-5-3-2-4-10(11)12/h2-7,16H,8H2,1H3,(H,15,18)(H,19,20)/p-1. The van der Waals surface area contributed by atoms with Crippen molar-refractivity contribution in [3.63, 3.8) is 0 Å². The predicted molar refractivity (Wildman–Crippen MR) is 80.4 cm³/mol. The molecule has 1 atom stereocenters. The van der Waals surface area contributed by atoms with Gasteiger partial charge in [-0.1, -0.05) is 24.3 Å². The molecule has 0 fully saturated rings. The van der Waals surface area contributed by atoms with Gasteiger partial charge in [-0.25, -0.2) is 0 Å². The minimum absolute atomic E-state index is 0.196. The first kappa shape index (κ1) is 15.1. The van der Waals surface area contributed by atoms with Crippen molar-refractivity contribution in [2.24, 2.45) is 0 Å². The average molecular weight is 305 g/mol. The van der Waals surface area contributed by atoms with E-state index in [2.05, 4.69) is 10.0 Å². The Morgan fingerprint density at radius 2 is 1.67 bits per heavy atom. The highest BCUT2D eigenvalue weighted by Gasteiger charge is 2.10. The number of hydrogen-bond donors (Lipinski definition) is 2. The summed E-state index contributed by atoms with van der Waals surface area (Å²) in [6, 6.07) is 10.2. The third-order valence-electron chi connectivity index (χ3n) is 2.80. The fraction of sp³-hybridized carbons (Fsp3) is 0.143. The Morgan fingerprint density at radius 1 is 1.10 bits per heavy atom. The zero-order chi connectivity index (χ0) is 15.4. The first-order valence-electron chi connectivity index (χ1n) is 6.14. The molecule has 0 aliphatic carbocycles. The molecular formula is C14H13N2O4S-. The molecule has 0 heterocycles. The smallest absolute Gasteiger partial charge is 0.231 e. The van der Waals surface area contributed by atoms with Crippen molar-refractivity contribution in [2.75, 3.05) is 10.0 Å². The van der Waals surface area contributed by atoms with E-state index < -0.39 is 17.2 Å². The molecule has 0 spiro atoms. The van der Waals surface area contributed by atoms with Crippen LogP contribution in [0.15, 0.2) is 36.4 Å². The molecule has 0 bridgehead atoms. The lowest BCUT2D eigenvalue weighted by Gasteiger charge is -2.14. The number of anilines is 2. The second kappa shape index (κ2) is 6.47. The highest BCUT2D eigenvalue weighted by atomic mass is 32.2. The van der Waals surface area contributed by atoms with Crippen LogP contribution in [0.4, 0.5) is 11.4 Å². The lowest BCUT2D eigenvalue weighted by molar-refractivity contribution is -0.124. The van der Waals surface area contributed by atoms with Crippen LogP contribution in [0, 0.1) is 0 Å². The lowest BCUT2D eigenvalue weighted by atomic mass is 10.1. The second-order valence-electron chi connectivity index (χ2n) is 4.47. The number of nitrogens with one attached hydrogen (secondary N) is 2. The van der Waals surface area contributed by atoms with Gasteiger partial charge < -0.3 is 14.6 Å². The number of rotatable bonds is 5. The Hall–Kier alpha value is -2.25. The molecule has 7 heteroatoms. The van der Waals surface area contributed by atoms with Gasteiger partial charge in [0.2, 0.25) is 5.91 Å². The van der Waals surface area contributed by atoms with E-state index in [9.17, 15) is 18.4 Å². The first-order valence-corrected chi connectivity index (χ1v) is 7.22. The summed E-state index contributed by atoms with van der Waals surface area (Å²) >= 11 is -2.43. The van der Waals surface area contributed by atoms with E-state index in [4.69, 9.17) is 0 Å². The lowest BCUT2D eigenvalue weighted by Crippen LogP contribution is -2.15. The molecule has 2 aromatic carbocycles. The van der Waals surface area contributed by atoms with E-state index in [1.54, 1.807) is 36.4 Å². The van der Waals surface area contributed by atoms with Crippen molar-refractivity contribution in [1.82, 2.24) is 0 Å². The number of carbonyl (C=O) groups is 2. The van der Waals surface area contributed by atoms with Crippen LogP contribution < -0.4 is 10.0 Å². The molecule has 6 nitrogen and oxygen atoms in total. The number of ketones is 1. The SMILES string of the molecule is CC(=O)CC(=O)Nc1ccc(NS(=O)[O-])c2ccccc12. The minimum atomic E-state index is -2.43. The number of benzene rings is 2. The van der Waals surface area contributed by atoms with Crippen LogP contribution in [-0.4, -0.2) is 20.5 Å². The van der Waals surface area contributed by atoms with Crippen LogP contribution in [-0.2, 0) is 20.9 Å². The van der Waals surface area contributed by atoms with Gasteiger partial charge >= 0.3 is 0 Å². The van der Waals surface area contributed by atoms with E-state index in [0.717, 1.165) is 0 Å². The first-order chi connectivity index (χ1) is 9.97. The molecule has 2 aromatic rings. The van der Waals surface area contributed by atoms with Crippen LogP contribution in [0.3, 0.4) is 0 Å². The molecule has 21 heavy (non-hydrogen) atoms. The van der Waals surface area contributed by atoms with Gasteiger partial charge in [-0.15, -0.1) is 0 Å². The summed E-state index contributed by atoms with van der Waals surface area (Å²) in [5.74, 6) is -0.627. The largest absolute Gasteiger partial charge is 0.755 e. The normalized spacial score (nSPS) is 11.9. The Kier molecular flexibility index (Phi) is 4.66. The molecule has 110 valence electrons. The van der Waals surface area contributed by atoms with E-state index >= 15 is 0 Å². The number of carbonyl (C=O) groups excluding carboxylic acids is 2. The van der Waals surface area contributed by atoms with Crippen molar-refractivity contribution in [3.8, 4) is 0 Å². The predicted octanol–water partition coefficient (Wildman–Crippen LogP) is 1.96. The highest BCUT2D eigenvalue weighted by Crippen LogP contribution is 2.30. The quantitative estimate of drug-likeness (QED) is 0.651. The Balaban J connectivity index is 2.40. The van der Waals surface area contributed by atoms with E-state index in [1.807, 2.05) is 0 Å². The third kappa shape index (κ3) is 3.87. The fourth-order valence-electron chi connectivity index (χ4n) is 2.01. The number of Topliss-reactive ketones (excluding diaryl/α,β-unsaturated/α-hetero) is 1. The van der Waals surface area contributed by atoms with Crippen molar-refractivity contribution < 1.29 is 18.4 Å². The summed E-state index contributed by atoms with van der Waals surface area (Å²) in [5.41, 5.74) is 0.947. The van der Waals surface area contributed by atoms with Crippen LogP contribution in [0.5, 0.6) is 0 Å². The molecule has 2 rings (SSSR count). The number of fused-ring (bicyclic) bond motifs is 1. The van der Waals surface area contributed by atoms with Gasteiger partial charge in [0.05, 0.1) is 12.1 Å². The summed E-state index contributed by atoms with van der Waals surface area (Å²) in [7, 11) is 0. The monoisotopic (exact) mass is 305 g/mol. The molecule has 0 radical (unpaired) electrons. The topological polar surface area (TPSA) is 98.3 Å². The second-order valence-corrected chi connectivity index (χ2v) is 5.14. The zero-order valence-electron chi connectivity index (χ0n) is 11.2. The van der Waals surface area contributed by atoms with Crippen LogP contribution in [0.25, 0.3) is 10.8 Å². The van der Waals surface area contributed by atoms with Crippen LogP contribution in [0.1, 0.15) is 13.3 Å². The highest BCUT2D eigenvalue weighted by molar-refractivity contribution is 7.80. The number of hydrogen-bond acceptors (Lipinski definition) is 4. The number of amides is 1. The van der Waals surface area contributed by atoms with E-state index in [-0.39, 0.29) is 12.2 Å². The molecule has 0 saturated carbocycles. The van der Waals surface area contributed by atoms with Crippen LogP contribution in [0.2, 0.25) is 0 Å². The molecule has 0 saturated heterocycles. The van der Waals surface area contributed by atoms with Gasteiger partial charge in [-0.3, -0.25) is 13.8 Å². The molecular weight excluding hydrogens is 292 g/mol. The average Bonchev–Trinajstić information content (AvgIpc) is 2.40. The molecule has 2 N–H and O–H groups in total. The molecule has 1 unspecified atom stereocenters. The maximum absolute atomic E-state index is 11.7. The van der Waals surface area contributed by atoms with Crippen molar-refractivity contribution in [2.45, 2.75) is 13.3 Å². The summed E-state index contributed by atoms with van der Waals surface area (Å²) in [6.45, 7) is 1.34. The molecule has 0 aliphatic heterocycles. The van der Waals surface area contributed by atoms with Gasteiger partial charge in [0.1, 0.15) is 5.78 Å². The summed E-state index contributed by atoms with van der Waals surface area (Å²) in [6.07, 6.45) is -0.196. The maximum atomic E-state index is 11.7. The Bertz CT molecular complexity index is 730. The van der Waals surface area contributed by atoms with Gasteiger partial charge in [0.25, 0.3) is 0 Å². The van der Waals surface area contributed by atoms with Gasteiger partial charge in [0, 0.05) is 27.7 Å². The fourth-order valence-corrected chi connectivity index (χ4v) is 2.36. The Labute approximate surface area is 124 Å². The van der Waals surface area contributed by atoms with Crippen molar-refractivity contribution in [1.29, 1.82) is 0 Å². The van der Waals surface area contributed by atoms with E-state index in [0.29, 0.717) is 22.1 Å².